The number of hydrogen-bond donors (Lipinski definition) is 0. The quantitative estimate of drug-likeness (QED) is 0.541. The van der Waals surface area contributed by atoms with Gasteiger partial charge in [0.2, 0.25) is 0 Å². The maximum atomic E-state index is 3.97. The summed E-state index contributed by atoms with van der Waals surface area (Å²) in [4.78, 5) is 0. The van der Waals surface area contributed by atoms with E-state index in [9.17, 15) is 0 Å². The molecule has 0 saturated carbocycles. The highest BCUT2D eigenvalue weighted by atomic mass is 79.9. The van der Waals surface area contributed by atoms with Crippen molar-refractivity contribution in [1.82, 2.24) is 0 Å². The molecule has 0 unspecified atom stereocenters. The molecule has 0 aliphatic carbocycles. The van der Waals surface area contributed by atoms with Crippen molar-refractivity contribution < 1.29 is 17.0 Å². The molecule has 20 heavy (non-hydrogen) atoms. The lowest BCUT2D eigenvalue weighted by Gasteiger charge is -2.25. The molecular weight excluding hydrogens is 327 g/mol. The second kappa shape index (κ2) is 8.19. The summed E-state index contributed by atoms with van der Waals surface area (Å²) in [6, 6.07) is 21.6. The molecule has 0 amide bonds. The van der Waals surface area contributed by atoms with Gasteiger partial charge >= 0.3 is 0 Å². The third-order valence-electron chi connectivity index (χ3n) is 3.38. The lowest BCUT2D eigenvalue weighted by molar-refractivity contribution is -0.00000377. The van der Waals surface area contributed by atoms with E-state index in [4.69, 9.17) is 0 Å². The Morgan fingerprint density at radius 2 is 1.05 bits per heavy atom. The summed E-state index contributed by atoms with van der Waals surface area (Å²) >= 11 is 0. The molecule has 2 heteroatoms. The van der Waals surface area contributed by atoms with Crippen molar-refractivity contribution in [2.45, 2.75) is 0 Å². The van der Waals surface area contributed by atoms with Gasteiger partial charge in [0.05, 0.1) is 30.2 Å². The minimum absolute atomic E-state index is 0. The zero-order valence-electron chi connectivity index (χ0n) is 11.6. The number of rotatable bonds is 6. The Hall–Kier alpha value is -1.17. The monoisotopic (exact) mass is 346 g/mol. The Balaban J connectivity index is 0.00000200. The summed E-state index contributed by atoms with van der Waals surface area (Å²) in [5.74, 6) is 0. The van der Waals surface area contributed by atoms with Crippen molar-refractivity contribution in [3.63, 3.8) is 0 Å². The van der Waals surface area contributed by atoms with E-state index < -0.39 is 7.26 Å². The van der Waals surface area contributed by atoms with Crippen LogP contribution in [-0.4, -0.2) is 12.3 Å². The van der Waals surface area contributed by atoms with Crippen LogP contribution in [0.15, 0.2) is 86.0 Å². The first-order valence-electron chi connectivity index (χ1n) is 6.53. The van der Waals surface area contributed by atoms with Gasteiger partial charge in [-0.25, -0.2) is 0 Å². The van der Waals surface area contributed by atoms with Crippen LogP contribution in [0.5, 0.6) is 0 Å². The van der Waals surface area contributed by atoms with Crippen molar-refractivity contribution >= 4 is 17.9 Å². The highest BCUT2D eigenvalue weighted by Gasteiger charge is 2.39. The number of halogens is 1. The highest BCUT2D eigenvalue weighted by molar-refractivity contribution is 7.89. The number of allylic oxidation sites excluding steroid dienone is 2. The molecule has 104 valence electrons. The largest absolute Gasteiger partial charge is 1.00 e. The Labute approximate surface area is 133 Å². The van der Waals surface area contributed by atoms with Gasteiger partial charge in [-0.3, -0.25) is 0 Å². The molecule has 0 radical (unpaired) electrons. The molecule has 2 aromatic rings. The molecule has 0 aromatic heterocycles. The van der Waals surface area contributed by atoms with Gasteiger partial charge in [0, 0.05) is 0 Å². The molecule has 0 atom stereocenters. The predicted octanol–water partition coefficient (Wildman–Crippen LogP) is 1.03. The van der Waals surface area contributed by atoms with Crippen molar-refractivity contribution in [3.8, 4) is 0 Å². The molecule has 0 nitrogen and oxygen atoms in total. The Bertz CT molecular complexity index is 482. The molecular formula is C18H20BrP. The average molecular weight is 347 g/mol. The van der Waals surface area contributed by atoms with Crippen LogP contribution in [-0.2, 0) is 0 Å². The van der Waals surface area contributed by atoms with E-state index >= 15 is 0 Å². The van der Waals surface area contributed by atoms with Gasteiger partial charge in [0.1, 0.15) is 0 Å². The first kappa shape index (κ1) is 16.9. The van der Waals surface area contributed by atoms with Crippen LogP contribution >= 0.6 is 7.26 Å². The Morgan fingerprint density at radius 1 is 0.700 bits per heavy atom. The lowest BCUT2D eigenvalue weighted by Crippen LogP contribution is -3.00. The van der Waals surface area contributed by atoms with Gasteiger partial charge in [-0.05, 0) is 24.3 Å². The van der Waals surface area contributed by atoms with Crippen LogP contribution in [0.3, 0.4) is 0 Å². The van der Waals surface area contributed by atoms with E-state index in [-0.39, 0.29) is 17.0 Å². The molecule has 0 aliphatic heterocycles. The van der Waals surface area contributed by atoms with Crippen LogP contribution in [0.4, 0.5) is 0 Å². The second-order valence-electron chi connectivity index (χ2n) is 4.58. The minimum atomic E-state index is -1.44. The smallest absolute Gasteiger partial charge is 0.0998 e. The predicted molar refractivity (Wildman–Crippen MR) is 89.2 cm³/mol. The van der Waals surface area contributed by atoms with Crippen LogP contribution in [0, 0.1) is 0 Å². The van der Waals surface area contributed by atoms with E-state index in [1.807, 2.05) is 0 Å². The summed E-state index contributed by atoms with van der Waals surface area (Å²) < 4.78 is 0. The first-order valence-corrected chi connectivity index (χ1v) is 8.69. The van der Waals surface area contributed by atoms with Crippen molar-refractivity contribution in [3.05, 3.63) is 86.0 Å². The molecule has 0 fully saturated rings. The zero-order valence-corrected chi connectivity index (χ0v) is 14.1. The van der Waals surface area contributed by atoms with Crippen LogP contribution in [0.1, 0.15) is 0 Å². The fraction of sp³-hybridized carbons (Fsp3) is 0.111. The van der Waals surface area contributed by atoms with Gasteiger partial charge in [0.25, 0.3) is 0 Å². The molecule has 0 aliphatic rings. The first-order chi connectivity index (χ1) is 9.33. The normalized spacial score (nSPS) is 10.4. The fourth-order valence-electron chi connectivity index (χ4n) is 2.51. The standard InChI is InChI=1S/C18H20P.BrH/c1-3-15-19(16-4-2,17-11-7-5-8-12-17)18-13-9-6-10-14-18;/h3-14H,1-2,15-16H2;1H/q+1;/p-1. The molecule has 0 bridgehead atoms. The summed E-state index contributed by atoms with van der Waals surface area (Å²) in [6.45, 7) is 7.94. The van der Waals surface area contributed by atoms with E-state index in [0.717, 1.165) is 12.3 Å². The summed E-state index contributed by atoms with van der Waals surface area (Å²) in [5.41, 5.74) is 0. The Kier molecular flexibility index (Phi) is 6.91. The fourth-order valence-corrected chi connectivity index (χ4v) is 6.17. The zero-order chi connectivity index (χ0) is 13.6. The van der Waals surface area contributed by atoms with Crippen LogP contribution < -0.4 is 27.6 Å². The molecule has 0 heterocycles. The molecule has 0 saturated heterocycles. The van der Waals surface area contributed by atoms with Crippen LogP contribution in [0.2, 0.25) is 0 Å². The molecule has 2 aromatic carbocycles. The number of benzene rings is 2. The highest BCUT2D eigenvalue weighted by Crippen LogP contribution is 2.56. The molecule has 2 rings (SSSR count). The van der Waals surface area contributed by atoms with E-state index in [2.05, 4.69) is 86.0 Å². The van der Waals surface area contributed by atoms with Crippen molar-refractivity contribution in [2.75, 3.05) is 12.3 Å². The summed E-state index contributed by atoms with van der Waals surface area (Å²) in [7, 11) is -1.44. The van der Waals surface area contributed by atoms with Gasteiger partial charge in [-0.15, -0.1) is 0 Å². The van der Waals surface area contributed by atoms with Gasteiger partial charge in [0.15, 0.2) is 0 Å². The van der Waals surface area contributed by atoms with E-state index in [0.29, 0.717) is 0 Å². The Morgan fingerprint density at radius 3 is 1.35 bits per heavy atom. The van der Waals surface area contributed by atoms with Gasteiger partial charge in [-0.2, -0.15) is 0 Å². The molecule has 0 spiro atoms. The SMILES string of the molecule is C=CC[P+](CC=C)(c1ccccc1)c1ccccc1.[Br-]. The third-order valence-corrected chi connectivity index (χ3v) is 7.72. The molecule has 0 N–H and O–H groups in total. The summed E-state index contributed by atoms with van der Waals surface area (Å²) in [6.07, 6.45) is 6.15. The maximum absolute atomic E-state index is 3.97. The summed E-state index contributed by atoms with van der Waals surface area (Å²) in [5, 5.41) is 2.86. The van der Waals surface area contributed by atoms with Crippen LogP contribution in [0.25, 0.3) is 0 Å². The lowest BCUT2D eigenvalue weighted by atomic mass is 10.4. The van der Waals surface area contributed by atoms with Gasteiger partial charge in [-0.1, -0.05) is 61.7 Å². The second-order valence-corrected chi connectivity index (χ2v) is 8.28. The van der Waals surface area contributed by atoms with Gasteiger partial charge < -0.3 is 17.0 Å². The average Bonchev–Trinajstić information content (AvgIpc) is 2.49. The third kappa shape index (κ3) is 3.48. The van der Waals surface area contributed by atoms with E-state index in [1.54, 1.807) is 0 Å². The number of hydrogen-bond acceptors (Lipinski definition) is 0. The van der Waals surface area contributed by atoms with Crippen molar-refractivity contribution in [1.29, 1.82) is 0 Å². The topological polar surface area (TPSA) is 0 Å². The maximum Gasteiger partial charge on any atom is 0.0998 e. The van der Waals surface area contributed by atoms with E-state index in [1.165, 1.54) is 10.6 Å². The van der Waals surface area contributed by atoms with Crippen molar-refractivity contribution in [2.24, 2.45) is 0 Å². The minimum Gasteiger partial charge on any atom is -1.00 e.